The third-order valence-electron chi connectivity index (χ3n) is 4.53. The van der Waals surface area contributed by atoms with Crippen molar-refractivity contribution in [3.05, 3.63) is 16.4 Å². The standard InChI is InChI=1S/C15H29ClN4O/c1-6-11-14(16)12(20(9-4)19-11)10-13(18-17)15(7-2,8-3)21-5/h13,18H,6-10,17H2,1-5H3. The minimum absolute atomic E-state index is 0.0123. The van der Waals surface area contributed by atoms with Gasteiger partial charge < -0.3 is 4.74 Å². The maximum absolute atomic E-state index is 6.50. The Bertz CT molecular complexity index is 435. The molecule has 1 unspecified atom stereocenters. The molecule has 0 amide bonds. The Balaban J connectivity index is 3.14. The topological polar surface area (TPSA) is 65.1 Å². The van der Waals surface area contributed by atoms with E-state index in [0.717, 1.165) is 42.2 Å². The number of hydrogen-bond acceptors (Lipinski definition) is 4. The fraction of sp³-hybridized carbons (Fsp3) is 0.800. The van der Waals surface area contributed by atoms with Gasteiger partial charge in [0.1, 0.15) is 0 Å². The average molecular weight is 317 g/mol. The smallest absolute Gasteiger partial charge is 0.0850 e. The molecular weight excluding hydrogens is 288 g/mol. The van der Waals surface area contributed by atoms with Crippen molar-refractivity contribution >= 4 is 11.6 Å². The highest BCUT2D eigenvalue weighted by molar-refractivity contribution is 6.31. The molecule has 0 spiro atoms. The van der Waals surface area contributed by atoms with Crippen molar-refractivity contribution in [1.82, 2.24) is 15.2 Å². The van der Waals surface area contributed by atoms with Crippen molar-refractivity contribution in [3.8, 4) is 0 Å². The van der Waals surface area contributed by atoms with Gasteiger partial charge in [0.05, 0.1) is 28.1 Å². The molecule has 0 aliphatic heterocycles. The Morgan fingerprint density at radius 1 is 1.33 bits per heavy atom. The largest absolute Gasteiger partial charge is 0.377 e. The van der Waals surface area contributed by atoms with Gasteiger partial charge in [-0.05, 0) is 26.2 Å². The fourth-order valence-corrected chi connectivity index (χ4v) is 3.32. The summed E-state index contributed by atoms with van der Waals surface area (Å²) in [7, 11) is 1.74. The van der Waals surface area contributed by atoms with Gasteiger partial charge in [-0.3, -0.25) is 16.0 Å². The van der Waals surface area contributed by atoms with E-state index in [1.165, 1.54) is 0 Å². The van der Waals surface area contributed by atoms with Crippen LogP contribution < -0.4 is 11.3 Å². The highest BCUT2D eigenvalue weighted by atomic mass is 35.5. The Hall–Kier alpha value is -0.620. The number of nitrogens with one attached hydrogen (secondary N) is 1. The van der Waals surface area contributed by atoms with Crippen LogP contribution in [0.3, 0.4) is 0 Å². The van der Waals surface area contributed by atoms with Crippen molar-refractivity contribution in [2.24, 2.45) is 5.84 Å². The summed E-state index contributed by atoms with van der Waals surface area (Å²) in [5, 5.41) is 5.33. The maximum Gasteiger partial charge on any atom is 0.0850 e. The number of aromatic nitrogens is 2. The Kier molecular flexibility index (Phi) is 7.13. The Morgan fingerprint density at radius 2 is 1.95 bits per heavy atom. The van der Waals surface area contributed by atoms with E-state index in [2.05, 4.69) is 38.2 Å². The van der Waals surface area contributed by atoms with Crippen LogP contribution in [0.25, 0.3) is 0 Å². The number of hydrazine groups is 1. The number of ether oxygens (including phenoxy) is 1. The van der Waals surface area contributed by atoms with Gasteiger partial charge in [0, 0.05) is 20.1 Å². The molecule has 1 rings (SSSR count). The normalized spacial score (nSPS) is 13.7. The maximum atomic E-state index is 6.50. The van der Waals surface area contributed by atoms with Crippen LogP contribution in [0.1, 0.15) is 51.9 Å². The van der Waals surface area contributed by atoms with E-state index in [1.807, 2.05) is 4.68 Å². The zero-order valence-corrected chi connectivity index (χ0v) is 14.6. The van der Waals surface area contributed by atoms with Gasteiger partial charge in [0.15, 0.2) is 0 Å². The highest BCUT2D eigenvalue weighted by Crippen LogP contribution is 2.29. The zero-order valence-electron chi connectivity index (χ0n) is 13.9. The van der Waals surface area contributed by atoms with Crippen molar-refractivity contribution in [1.29, 1.82) is 0 Å². The molecule has 0 aromatic carbocycles. The third kappa shape index (κ3) is 3.59. The molecule has 1 atom stereocenters. The molecule has 0 aliphatic carbocycles. The van der Waals surface area contributed by atoms with Crippen LogP contribution in [0.5, 0.6) is 0 Å². The molecule has 3 N–H and O–H groups in total. The number of nitrogens with zero attached hydrogens (tertiary/aromatic N) is 2. The van der Waals surface area contributed by atoms with Gasteiger partial charge >= 0.3 is 0 Å². The number of hydrogen-bond donors (Lipinski definition) is 2. The van der Waals surface area contributed by atoms with E-state index in [4.69, 9.17) is 22.2 Å². The number of rotatable bonds is 9. The molecule has 1 aromatic rings. The van der Waals surface area contributed by atoms with Crippen molar-refractivity contribution < 1.29 is 4.74 Å². The molecule has 0 fully saturated rings. The van der Waals surface area contributed by atoms with E-state index < -0.39 is 0 Å². The lowest BCUT2D eigenvalue weighted by molar-refractivity contribution is -0.0477. The van der Waals surface area contributed by atoms with Gasteiger partial charge in [-0.2, -0.15) is 5.10 Å². The van der Waals surface area contributed by atoms with E-state index in [1.54, 1.807) is 7.11 Å². The Labute approximate surface area is 133 Å². The van der Waals surface area contributed by atoms with E-state index in [9.17, 15) is 0 Å². The molecule has 122 valence electrons. The van der Waals surface area contributed by atoms with Crippen molar-refractivity contribution in [3.63, 3.8) is 0 Å². The van der Waals surface area contributed by atoms with Gasteiger partial charge in [0.25, 0.3) is 0 Å². The molecule has 21 heavy (non-hydrogen) atoms. The van der Waals surface area contributed by atoms with Crippen LogP contribution in [0, 0.1) is 0 Å². The molecule has 1 aromatic heterocycles. The lowest BCUT2D eigenvalue weighted by atomic mass is 9.85. The summed E-state index contributed by atoms with van der Waals surface area (Å²) in [5.41, 5.74) is 4.60. The van der Waals surface area contributed by atoms with E-state index in [-0.39, 0.29) is 11.6 Å². The Morgan fingerprint density at radius 3 is 2.33 bits per heavy atom. The SMILES string of the molecule is CCc1nn(CC)c(CC(NN)C(CC)(CC)OC)c1Cl. The summed E-state index contributed by atoms with van der Waals surface area (Å²) in [6, 6.07) is -0.0123. The monoisotopic (exact) mass is 316 g/mol. The molecule has 0 aliphatic rings. The third-order valence-corrected chi connectivity index (χ3v) is 4.97. The van der Waals surface area contributed by atoms with Gasteiger partial charge in [-0.25, -0.2) is 0 Å². The summed E-state index contributed by atoms with van der Waals surface area (Å²) < 4.78 is 7.76. The number of halogens is 1. The second-order valence-corrected chi connectivity index (χ2v) is 5.65. The zero-order chi connectivity index (χ0) is 16.0. The minimum Gasteiger partial charge on any atom is -0.377 e. The first-order valence-corrected chi connectivity index (χ1v) is 8.16. The molecule has 0 bridgehead atoms. The summed E-state index contributed by atoms with van der Waals surface area (Å²) in [6.45, 7) is 9.17. The number of nitrogens with two attached hydrogens (primary N) is 1. The second kappa shape index (κ2) is 8.13. The van der Waals surface area contributed by atoms with Crippen molar-refractivity contribution in [2.75, 3.05) is 7.11 Å². The second-order valence-electron chi connectivity index (χ2n) is 5.28. The summed E-state index contributed by atoms with van der Waals surface area (Å²) >= 11 is 6.50. The van der Waals surface area contributed by atoms with Crippen LogP contribution >= 0.6 is 11.6 Å². The van der Waals surface area contributed by atoms with Gasteiger partial charge in [-0.1, -0.05) is 32.4 Å². The summed E-state index contributed by atoms with van der Waals surface area (Å²) in [5.74, 6) is 5.81. The van der Waals surface area contributed by atoms with Crippen LogP contribution in [-0.2, 0) is 24.1 Å². The van der Waals surface area contributed by atoms with Gasteiger partial charge in [0.2, 0.25) is 0 Å². The molecule has 0 saturated carbocycles. The molecule has 0 radical (unpaired) electrons. The number of methoxy groups -OCH3 is 1. The molecule has 6 heteroatoms. The summed E-state index contributed by atoms with van der Waals surface area (Å²) in [4.78, 5) is 0. The highest BCUT2D eigenvalue weighted by Gasteiger charge is 2.36. The number of aryl methyl sites for hydroxylation is 2. The van der Waals surface area contributed by atoms with E-state index >= 15 is 0 Å². The van der Waals surface area contributed by atoms with Crippen LogP contribution in [0.2, 0.25) is 5.02 Å². The fourth-order valence-electron chi connectivity index (χ4n) is 2.98. The average Bonchev–Trinajstić information content (AvgIpc) is 2.83. The minimum atomic E-state index is -0.298. The first-order valence-electron chi connectivity index (χ1n) is 7.78. The lowest BCUT2D eigenvalue weighted by Gasteiger charge is -2.38. The summed E-state index contributed by atoms with van der Waals surface area (Å²) in [6.07, 6.45) is 3.29. The van der Waals surface area contributed by atoms with Gasteiger partial charge in [-0.15, -0.1) is 0 Å². The predicted octanol–water partition coefficient (Wildman–Crippen LogP) is 2.70. The molecule has 0 saturated heterocycles. The van der Waals surface area contributed by atoms with Crippen LogP contribution in [0.15, 0.2) is 0 Å². The van der Waals surface area contributed by atoms with E-state index in [0.29, 0.717) is 6.42 Å². The van der Waals surface area contributed by atoms with Crippen LogP contribution in [-0.4, -0.2) is 28.5 Å². The molecule has 1 heterocycles. The predicted molar refractivity (Wildman–Crippen MR) is 87.4 cm³/mol. The lowest BCUT2D eigenvalue weighted by Crippen LogP contribution is -2.55. The molecule has 5 nitrogen and oxygen atoms in total. The quantitative estimate of drug-likeness (QED) is 0.543. The first-order chi connectivity index (χ1) is 10.0. The van der Waals surface area contributed by atoms with Crippen LogP contribution in [0.4, 0.5) is 0 Å². The molecular formula is C15H29ClN4O. The van der Waals surface area contributed by atoms with Crippen molar-refractivity contribution in [2.45, 2.75) is 71.6 Å². The first kappa shape index (κ1) is 18.4.